The molecule has 0 radical (unpaired) electrons. The molecule has 0 aromatic carbocycles. The molecule has 0 spiro atoms. The molecule has 0 heterocycles. The monoisotopic (exact) mass is 242 g/mol. The summed E-state index contributed by atoms with van der Waals surface area (Å²) in [6, 6.07) is 2.59. The van der Waals surface area contributed by atoms with E-state index in [0.29, 0.717) is 6.07 Å². The Hall–Kier alpha value is 0.604. The van der Waals surface area contributed by atoms with Crippen molar-refractivity contribution >= 4 is 29.7 Å². The molecule has 0 amide bonds. The quantitative estimate of drug-likeness (QED) is 0.363. The van der Waals surface area contributed by atoms with Gasteiger partial charge in [0.1, 0.15) is 6.07 Å². The Labute approximate surface area is 88.8 Å². The molecule has 0 N–H and O–H groups in total. The third kappa shape index (κ3) is 6.64. The normalized spacial score (nSPS) is 12.9. The van der Waals surface area contributed by atoms with Crippen molar-refractivity contribution in [1.29, 1.82) is 0 Å². The van der Waals surface area contributed by atoms with E-state index >= 15 is 0 Å². The van der Waals surface area contributed by atoms with Gasteiger partial charge in [-0.2, -0.15) is 0 Å². The van der Waals surface area contributed by atoms with Crippen molar-refractivity contribution in [1.82, 2.24) is 0 Å². The van der Waals surface area contributed by atoms with E-state index in [4.69, 9.17) is 25.2 Å². The maximum Gasteiger partial charge on any atom is 0.334 e. The van der Waals surface area contributed by atoms with E-state index < -0.39 is 8.56 Å². The smallest absolute Gasteiger partial charge is 0.334 e. The van der Waals surface area contributed by atoms with Crippen LogP contribution in [0.2, 0.25) is 18.6 Å². The standard InChI is InChI=1S/C7H19ClO3Si2/c1-9-13(3,10-2)5-4-12-7-11-6-8/h4-7,12H2,1-3H3. The molecule has 13 heavy (non-hydrogen) atoms. The van der Waals surface area contributed by atoms with Gasteiger partial charge in [0, 0.05) is 20.4 Å². The van der Waals surface area contributed by atoms with Gasteiger partial charge < -0.3 is 13.6 Å². The van der Waals surface area contributed by atoms with Crippen LogP contribution in [0.4, 0.5) is 0 Å². The van der Waals surface area contributed by atoms with Crippen LogP contribution in [-0.4, -0.2) is 44.6 Å². The van der Waals surface area contributed by atoms with Crippen molar-refractivity contribution in [2.75, 3.05) is 26.5 Å². The maximum absolute atomic E-state index is 5.38. The number of halogens is 1. The minimum Gasteiger partial charge on any atom is -0.398 e. The summed E-state index contributed by atoms with van der Waals surface area (Å²) in [5.74, 6) is 0. The third-order valence-electron chi connectivity index (χ3n) is 2.11. The predicted molar refractivity (Wildman–Crippen MR) is 60.5 cm³/mol. The van der Waals surface area contributed by atoms with E-state index in [1.54, 1.807) is 14.2 Å². The second kappa shape index (κ2) is 7.96. The fourth-order valence-electron chi connectivity index (χ4n) is 0.992. The predicted octanol–water partition coefficient (Wildman–Crippen LogP) is 1.11. The van der Waals surface area contributed by atoms with E-state index in [1.165, 1.54) is 6.04 Å². The summed E-state index contributed by atoms with van der Waals surface area (Å²) in [6.07, 6.45) is 0.863. The number of hydrogen-bond acceptors (Lipinski definition) is 3. The molecule has 0 aliphatic carbocycles. The highest BCUT2D eigenvalue weighted by molar-refractivity contribution is 6.66. The minimum atomic E-state index is -1.81. The van der Waals surface area contributed by atoms with Gasteiger partial charge in [0.15, 0.2) is 0 Å². The average molecular weight is 243 g/mol. The van der Waals surface area contributed by atoms with E-state index in [-0.39, 0.29) is 9.52 Å². The lowest BCUT2D eigenvalue weighted by Crippen LogP contribution is -2.36. The first-order valence-corrected chi connectivity index (χ1v) is 9.48. The third-order valence-corrected chi connectivity index (χ3v) is 7.39. The zero-order valence-corrected chi connectivity index (χ0v) is 11.8. The zero-order chi connectivity index (χ0) is 10.2. The Morgan fingerprint density at radius 2 is 1.92 bits per heavy atom. The lowest BCUT2D eigenvalue weighted by molar-refractivity contribution is 0.229. The van der Waals surface area contributed by atoms with Crippen LogP contribution in [0.3, 0.4) is 0 Å². The zero-order valence-electron chi connectivity index (χ0n) is 8.64. The summed E-state index contributed by atoms with van der Waals surface area (Å²) < 4.78 is 15.8. The van der Waals surface area contributed by atoms with Crippen LogP contribution in [0.15, 0.2) is 0 Å². The lowest BCUT2D eigenvalue weighted by Gasteiger charge is -2.22. The van der Waals surface area contributed by atoms with Crippen LogP contribution in [0, 0.1) is 0 Å². The SMILES string of the molecule is CO[Si](C)(CC[SiH2]COCCl)OC. The second-order valence-electron chi connectivity index (χ2n) is 3.02. The first-order valence-electron chi connectivity index (χ1n) is 4.42. The molecule has 6 heteroatoms. The molecular weight excluding hydrogens is 224 g/mol. The highest BCUT2D eigenvalue weighted by atomic mass is 35.5. The van der Waals surface area contributed by atoms with Crippen LogP contribution in [0.1, 0.15) is 0 Å². The first-order chi connectivity index (χ1) is 6.18. The van der Waals surface area contributed by atoms with Crippen LogP contribution in [-0.2, 0) is 13.6 Å². The van der Waals surface area contributed by atoms with E-state index in [1.807, 2.05) is 0 Å². The highest BCUT2D eigenvalue weighted by Gasteiger charge is 2.27. The molecule has 0 aliphatic rings. The van der Waals surface area contributed by atoms with Crippen molar-refractivity contribution in [3.05, 3.63) is 0 Å². The molecule has 0 saturated carbocycles. The van der Waals surface area contributed by atoms with Gasteiger partial charge in [0.2, 0.25) is 0 Å². The van der Waals surface area contributed by atoms with Crippen molar-refractivity contribution in [3.63, 3.8) is 0 Å². The molecule has 80 valence electrons. The van der Waals surface area contributed by atoms with Gasteiger partial charge in [-0.25, -0.2) is 0 Å². The molecule has 0 atom stereocenters. The van der Waals surface area contributed by atoms with Gasteiger partial charge in [-0.05, 0) is 12.6 Å². The van der Waals surface area contributed by atoms with Crippen LogP contribution in [0.25, 0.3) is 0 Å². The van der Waals surface area contributed by atoms with Gasteiger partial charge in [0.05, 0.1) is 9.52 Å². The Kier molecular flexibility index (Phi) is 8.33. The molecule has 3 nitrogen and oxygen atoms in total. The van der Waals surface area contributed by atoms with E-state index in [0.717, 1.165) is 12.3 Å². The van der Waals surface area contributed by atoms with Crippen molar-refractivity contribution < 1.29 is 13.6 Å². The number of hydrogen-bond donors (Lipinski definition) is 0. The van der Waals surface area contributed by atoms with Crippen molar-refractivity contribution in [3.8, 4) is 0 Å². The van der Waals surface area contributed by atoms with E-state index in [9.17, 15) is 0 Å². The fraction of sp³-hybridized carbons (Fsp3) is 1.00. The number of alkyl halides is 1. The number of rotatable bonds is 8. The van der Waals surface area contributed by atoms with Gasteiger partial charge in [-0.1, -0.05) is 17.6 Å². The summed E-state index contributed by atoms with van der Waals surface area (Å²) >= 11 is 5.38. The van der Waals surface area contributed by atoms with Gasteiger partial charge in [-0.15, -0.1) is 0 Å². The molecule has 0 rings (SSSR count). The molecule has 0 aromatic heterocycles. The summed E-state index contributed by atoms with van der Waals surface area (Å²) in [5.41, 5.74) is 0. The van der Waals surface area contributed by atoms with Crippen LogP contribution < -0.4 is 0 Å². The summed E-state index contributed by atoms with van der Waals surface area (Å²) in [5, 5.41) is 0. The van der Waals surface area contributed by atoms with E-state index in [2.05, 4.69) is 6.55 Å². The minimum absolute atomic E-state index is 0.130. The summed E-state index contributed by atoms with van der Waals surface area (Å²) in [6.45, 7) is 2.09. The Morgan fingerprint density at radius 3 is 2.38 bits per heavy atom. The van der Waals surface area contributed by atoms with Crippen molar-refractivity contribution in [2.45, 2.75) is 18.6 Å². The largest absolute Gasteiger partial charge is 0.398 e. The fourth-order valence-corrected chi connectivity index (χ4v) is 5.98. The molecule has 0 saturated heterocycles. The Bertz CT molecular complexity index is 122. The van der Waals surface area contributed by atoms with Crippen molar-refractivity contribution in [2.24, 2.45) is 0 Å². The van der Waals surface area contributed by atoms with Gasteiger partial charge >= 0.3 is 8.56 Å². The number of ether oxygens (including phenoxy) is 1. The highest BCUT2D eigenvalue weighted by Crippen LogP contribution is 2.13. The molecular formula is C7H19ClO3Si2. The molecule has 0 aliphatic heterocycles. The Morgan fingerprint density at radius 1 is 1.31 bits per heavy atom. The molecule has 0 unspecified atom stereocenters. The molecule has 0 aromatic rings. The first kappa shape index (κ1) is 13.6. The Balaban J connectivity index is 3.39. The van der Waals surface area contributed by atoms with Gasteiger partial charge in [0.25, 0.3) is 0 Å². The van der Waals surface area contributed by atoms with Crippen LogP contribution >= 0.6 is 11.6 Å². The van der Waals surface area contributed by atoms with Gasteiger partial charge in [-0.3, -0.25) is 0 Å². The summed E-state index contributed by atoms with van der Waals surface area (Å²) in [4.78, 5) is 0. The lowest BCUT2D eigenvalue weighted by atomic mass is 10.9. The topological polar surface area (TPSA) is 27.7 Å². The summed E-state index contributed by atoms with van der Waals surface area (Å²) in [7, 11) is 1.52. The second-order valence-corrected chi connectivity index (χ2v) is 8.64. The van der Waals surface area contributed by atoms with Crippen LogP contribution in [0.5, 0.6) is 0 Å². The molecule has 0 fully saturated rings. The maximum atomic E-state index is 5.38. The average Bonchev–Trinajstić information content (AvgIpc) is 2.17. The molecule has 0 bridgehead atoms.